The van der Waals surface area contributed by atoms with Crippen molar-refractivity contribution in [2.75, 3.05) is 0 Å². The Bertz CT molecular complexity index is 307. The fraction of sp³-hybridized carbons (Fsp3) is 0.500. The van der Waals surface area contributed by atoms with Crippen LogP contribution in [-0.4, -0.2) is 0 Å². The molecule has 0 amide bonds. The molecule has 1 fully saturated rings. The lowest BCUT2D eigenvalue weighted by Gasteiger charge is -2.13. The van der Waals surface area contributed by atoms with Gasteiger partial charge in [-0.25, -0.2) is 0 Å². The Morgan fingerprint density at radius 1 is 1.36 bits per heavy atom. The van der Waals surface area contributed by atoms with Crippen molar-refractivity contribution in [1.29, 1.82) is 0 Å². The van der Waals surface area contributed by atoms with Crippen LogP contribution in [0.1, 0.15) is 37.3 Å². The van der Waals surface area contributed by atoms with Crippen molar-refractivity contribution in [2.24, 2.45) is 11.7 Å². The molecule has 1 aromatic rings. The third kappa shape index (κ3) is 2.70. The first-order valence-electron chi connectivity index (χ1n) is 5.27. The highest BCUT2D eigenvalue weighted by atomic mass is 127. The number of hydrogen-bond acceptors (Lipinski definition) is 1. The fourth-order valence-corrected chi connectivity index (χ4v) is 2.54. The average Bonchev–Trinajstić information content (AvgIpc) is 2.98. The predicted octanol–water partition coefficient (Wildman–Crippen LogP) is 3.48. The zero-order chi connectivity index (χ0) is 9.97. The van der Waals surface area contributed by atoms with E-state index in [0.717, 1.165) is 12.3 Å². The zero-order valence-corrected chi connectivity index (χ0v) is 10.4. The molecule has 2 heteroatoms. The first-order chi connectivity index (χ1) is 6.77. The molecular weight excluding hydrogens is 285 g/mol. The van der Waals surface area contributed by atoms with E-state index in [9.17, 15) is 0 Å². The monoisotopic (exact) mass is 301 g/mol. The van der Waals surface area contributed by atoms with Crippen LogP contribution in [0.5, 0.6) is 0 Å². The number of hydrogen-bond donors (Lipinski definition) is 1. The number of nitrogens with two attached hydrogens (primary N) is 1. The average molecular weight is 301 g/mol. The minimum atomic E-state index is 0.240. The van der Waals surface area contributed by atoms with Crippen LogP contribution >= 0.6 is 22.6 Å². The van der Waals surface area contributed by atoms with Crippen LogP contribution in [0, 0.1) is 9.49 Å². The maximum absolute atomic E-state index is 6.17. The smallest absolute Gasteiger partial charge is 0.0305 e. The van der Waals surface area contributed by atoms with Gasteiger partial charge in [-0.3, -0.25) is 0 Å². The third-order valence-corrected chi connectivity index (χ3v) is 3.87. The van der Waals surface area contributed by atoms with Gasteiger partial charge in [0.05, 0.1) is 0 Å². The molecule has 0 saturated heterocycles. The minimum absolute atomic E-state index is 0.240. The first-order valence-corrected chi connectivity index (χ1v) is 6.35. The van der Waals surface area contributed by atoms with E-state index >= 15 is 0 Å². The molecule has 1 nitrogen and oxygen atoms in total. The van der Waals surface area contributed by atoms with Crippen molar-refractivity contribution < 1.29 is 0 Å². The van der Waals surface area contributed by atoms with E-state index in [1.165, 1.54) is 28.4 Å². The molecule has 1 aromatic carbocycles. The molecule has 1 aliphatic rings. The molecule has 14 heavy (non-hydrogen) atoms. The molecule has 0 aliphatic heterocycles. The van der Waals surface area contributed by atoms with Crippen LogP contribution in [0.25, 0.3) is 0 Å². The molecule has 1 aliphatic carbocycles. The normalized spacial score (nSPS) is 18.1. The van der Waals surface area contributed by atoms with Gasteiger partial charge in [0.15, 0.2) is 0 Å². The third-order valence-electron chi connectivity index (χ3n) is 2.89. The molecule has 0 bridgehead atoms. The van der Waals surface area contributed by atoms with E-state index in [0.29, 0.717) is 0 Å². The van der Waals surface area contributed by atoms with Gasteiger partial charge in [0.1, 0.15) is 0 Å². The molecule has 1 saturated carbocycles. The molecule has 2 N–H and O–H groups in total. The van der Waals surface area contributed by atoms with E-state index in [2.05, 4.69) is 46.9 Å². The number of rotatable bonds is 4. The maximum Gasteiger partial charge on any atom is 0.0305 e. The van der Waals surface area contributed by atoms with Gasteiger partial charge in [0.25, 0.3) is 0 Å². The summed E-state index contributed by atoms with van der Waals surface area (Å²) in [4.78, 5) is 0. The minimum Gasteiger partial charge on any atom is -0.324 e. The van der Waals surface area contributed by atoms with Crippen molar-refractivity contribution in [3.05, 3.63) is 33.4 Å². The van der Waals surface area contributed by atoms with Crippen molar-refractivity contribution in [3.8, 4) is 0 Å². The van der Waals surface area contributed by atoms with Gasteiger partial charge in [0, 0.05) is 9.61 Å². The van der Waals surface area contributed by atoms with Crippen molar-refractivity contribution in [1.82, 2.24) is 0 Å². The van der Waals surface area contributed by atoms with Gasteiger partial charge in [-0.05, 0) is 53.0 Å². The summed E-state index contributed by atoms with van der Waals surface area (Å²) in [5, 5.41) is 0. The molecule has 0 spiro atoms. The second-order valence-corrected chi connectivity index (χ2v) is 5.31. The number of benzene rings is 1. The highest BCUT2D eigenvalue weighted by Gasteiger charge is 2.22. The van der Waals surface area contributed by atoms with Crippen LogP contribution in [0.3, 0.4) is 0 Å². The van der Waals surface area contributed by atoms with Gasteiger partial charge in [-0.15, -0.1) is 0 Å². The summed E-state index contributed by atoms with van der Waals surface area (Å²) in [5.74, 6) is 0.988. The van der Waals surface area contributed by atoms with Crippen molar-refractivity contribution in [3.63, 3.8) is 0 Å². The standard InChI is InChI=1S/C12H16IN/c13-11-4-2-1-3-10(11)12(14)8-7-9-5-6-9/h1-4,9,12H,5-8,14H2. The van der Waals surface area contributed by atoms with E-state index in [-0.39, 0.29) is 6.04 Å². The molecule has 0 aromatic heterocycles. The van der Waals surface area contributed by atoms with E-state index in [4.69, 9.17) is 5.73 Å². The Labute approximate surface area is 99.2 Å². The molecule has 76 valence electrons. The highest BCUT2D eigenvalue weighted by molar-refractivity contribution is 14.1. The second kappa shape index (κ2) is 4.62. The Hall–Kier alpha value is -0.0900. The van der Waals surface area contributed by atoms with E-state index in [1.807, 2.05) is 0 Å². The van der Waals surface area contributed by atoms with Gasteiger partial charge >= 0.3 is 0 Å². The first kappa shape index (κ1) is 10.4. The van der Waals surface area contributed by atoms with E-state index in [1.54, 1.807) is 0 Å². The molecule has 1 unspecified atom stereocenters. The van der Waals surface area contributed by atoms with Gasteiger partial charge < -0.3 is 5.73 Å². The lowest BCUT2D eigenvalue weighted by atomic mass is 10.0. The highest BCUT2D eigenvalue weighted by Crippen LogP contribution is 2.35. The van der Waals surface area contributed by atoms with Crippen LogP contribution in [0.4, 0.5) is 0 Å². The molecule has 2 rings (SSSR count). The second-order valence-electron chi connectivity index (χ2n) is 4.15. The zero-order valence-electron chi connectivity index (χ0n) is 8.25. The maximum atomic E-state index is 6.17. The van der Waals surface area contributed by atoms with Crippen molar-refractivity contribution in [2.45, 2.75) is 31.7 Å². The van der Waals surface area contributed by atoms with Crippen LogP contribution < -0.4 is 5.73 Å². The Kier molecular flexibility index (Phi) is 3.44. The van der Waals surface area contributed by atoms with Crippen molar-refractivity contribution >= 4 is 22.6 Å². The summed E-state index contributed by atoms with van der Waals surface area (Å²) in [6, 6.07) is 8.67. The Balaban J connectivity index is 1.95. The lowest BCUT2D eigenvalue weighted by molar-refractivity contribution is 0.573. The summed E-state index contributed by atoms with van der Waals surface area (Å²) >= 11 is 2.37. The van der Waals surface area contributed by atoms with Gasteiger partial charge in [0.2, 0.25) is 0 Å². The topological polar surface area (TPSA) is 26.0 Å². The summed E-state index contributed by atoms with van der Waals surface area (Å²) in [6.07, 6.45) is 5.31. The summed E-state index contributed by atoms with van der Waals surface area (Å²) < 4.78 is 1.30. The van der Waals surface area contributed by atoms with Crippen LogP contribution in [0.2, 0.25) is 0 Å². The molecular formula is C12H16IN. The van der Waals surface area contributed by atoms with Gasteiger partial charge in [-0.2, -0.15) is 0 Å². The molecule has 0 heterocycles. The Morgan fingerprint density at radius 3 is 2.71 bits per heavy atom. The van der Waals surface area contributed by atoms with E-state index < -0.39 is 0 Å². The van der Waals surface area contributed by atoms with Crippen LogP contribution in [0.15, 0.2) is 24.3 Å². The van der Waals surface area contributed by atoms with Crippen LogP contribution in [-0.2, 0) is 0 Å². The fourth-order valence-electron chi connectivity index (χ4n) is 1.75. The quantitative estimate of drug-likeness (QED) is 0.847. The lowest BCUT2D eigenvalue weighted by Crippen LogP contribution is -2.11. The summed E-state index contributed by atoms with van der Waals surface area (Å²) in [6.45, 7) is 0. The molecule has 0 radical (unpaired) electrons. The molecule has 1 atom stereocenters. The largest absolute Gasteiger partial charge is 0.324 e. The number of halogens is 1. The summed E-state index contributed by atoms with van der Waals surface area (Å²) in [5.41, 5.74) is 7.48. The predicted molar refractivity (Wildman–Crippen MR) is 68.0 cm³/mol. The summed E-state index contributed by atoms with van der Waals surface area (Å²) in [7, 11) is 0. The SMILES string of the molecule is NC(CCC1CC1)c1ccccc1I. The van der Waals surface area contributed by atoms with Gasteiger partial charge in [-0.1, -0.05) is 31.0 Å². The Morgan fingerprint density at radius 2 is 2.07 bits per heavy atom.